The Kier molecular flexibility index (Phi) is 4.98. The number of aryl methyl sites for hydroxylation is 1. The first kappa shape index (κ1) is 17.3. The molecule has 0 fully saturated rings. The van der Waals surface area contributed by atoms with Gasteiger partial charge in [-0.1, -0.05) is 29.3 Å². The predicted octanol–water partition coefficient (Wildman–Crippen LogP) is 2.55. The van der Waals surface area contributed by atoms with Gasteiger partial charge in [-0.2, -0.15) is 0 Å². The van der Waals surface area contributed by atoms with Gasteiger partial charge in [0.25, 0.3) is 15.9 Å². The standard InChI is InChI=1S/C14H11ClF2N2O3S/c1-8-2-4-9(5-3-8)23(21,22)19-18-14(20)12-10(16)6-7-11(17)13(12)15/h2-7,19H,1H3,(H,18,20). The summed E-state index contributed by atoms with van der Waals surface area (Å²) >= 11 is 5.52. The Labute approximate surface area is 136 Å². The van der Waals surface area contributed by atoms with Gasteiger partial charge in [0.05, 0.1) is 15.5 Å². The van der Waals surface area contributed by atoms with Gasteiger partial charge in [-0.05, 0) is 31.2 Å². The van der Waals surface area contributed by atoms with Crippen LogP contribution in [0.4, 0.5) is 8.78 Å². The highest BCUT2D eigenvalue weighted by atomic mass is 35.5. The fraction of sp³-hybridized carbons (Fsp3) is 0.0714. The van der Waals surface area contributed by atoms with Gasteiger partial charge < -0.3 is 0 Å². The molecule has 5 nitrogen and oxygen atoms in total. The molecule has 0 saturated heterocycles. The maximum atomic E-state index is 13.6. The van der Waals surface area contributed by atoms with Crippen LogP contribution in [0, 0.1) is 18.6 Å². The van der Waals surface area contributed by atoms with E-state index in [1.54, 1.807) is 29.3 Å². The van der Waals surface area contributed by atoms with Gasteiger partial charge >= 0.3 is 0 Å². The van der Waals surface area contributed by atoms with Crippen molar-refractivity contribution in [2.24, 2.45) is 0 Å². The van der Waals surface area contributed by atoms with Crippen LogP contribution < -0.4 is 10.3 Å². The van der Waals surface area contributed by atoms with E-state index in [0.717, 1.165) is 11.6 Å². The number of carbonyl (C=O) groups is 1. The van der Waals surface area contributed by atoms with Crippen LogP contribution in [0.1, 0.15) is 15.9 Å². The minimum absolute atomic E-state index is 0.103. The van der Waals surface area contributed by atoms with Crippen LogP contribution in [0.3, 0.4) is 0 Å². The lowest BCUT2D eigenvalue weighted by Gasteiger charge is -2.10. The van der Waals surface area contributed by atoms with E-state index < -0.39 is 38.2 Å². The second-order valence-corrected chi connectivity index (χ2v) is 6.65. The Morgan fingerprint density at radius 1 is 1.04 bits per heavy atom. The molecule has 2 N–H and O–H groups in total. The van der Waals surface area contributed by atoms with Crippen molar-refractivity contribution in [1.29, 1.82) is 0 Å². The van der Waals surface area contributed by atoms with Gasteiger partial charge in [-0.25, -0.2) is 17.2 Å². The van der Waals surface area contributed by atoms with Crippen LogP contribution in [0.2, 0.25) is 5.02 Å². The van der Waals surface area contributed by atoms with E-state index in [4.69, 9.17) is 11.6 Å². The van der Waals surface area contributed by atoms with Crippen LogP contribution in [-0.4, -0.2) is 14.3 Å². The molecule has 0 saturated carbocycles. The number of hydrogen-bond donors (Lipinski definition) is 2. The molecule has 1 amide bonds. The van der Waals surface area contributed by atoms with Crippen LogP contribution in [0.25, 0.3) is 0 Å². The summed E-state index contributed by atoms with van der Waals surface area (Å²) in [6, 6.07) is 7.27. The van der Waals surface area contributed by atoms with Gasteiger partial charge in [0.2, 0.25) is 0 Å². The number of sulfonamides is 1. The molecule has 0 aliphatic rings. The van der Waals surface area contributed by atoms with E-state index in [1.165, 1.54) is 12.1 Å². The third kappa shape index (κ3) is 3.84. The minimum atomic E-state index is -4.06. The van der Waals surface area contributed by atoms with Crippen LogP contribution in [0.15, 0.2) is 41.3 Å². The molecule has 2 aromatic rings. The Hall–Kier alpha value is -2.03. The van der Waals surface area contributed by atoms with E-state index in [9.17, 15) is 22.0 Å². The second-order valence-electron chi connectivity index (χ2n) is 4.59. The normalized spacial score (nSPS) is 11.3. The van der Waals surface area contributed by atoms with E-state index in [0.29, 0.717) is 6.07 Å². The quantitative estimate of drug-likeness (QED) is 0.650. The number of nitrogens with one attached hydrogen (secondary N) is 2. The highest BCUT2D eigenvalue weighted by Crippen LogP contribution is 2.22. The topological polar surface area (TPSA) is 75.3 Å². The van der Waals surface area contributed by atoms with E-state index >= 15 is 0 Å². The first-order valence-electron chi connectivity index (χ1n) is 6.24. The Morgan fingerprint density at radius 3 is 2.22 bits per heavy atom. The summed E-state index contributed by atoms with van der Waals surface area (Å²) in [4.78, 5) is 13.5. The van der Waals surface area contributed by atoms with E-state index in [2.05, 4.69) is 0 Å². The zero-order valence-electron chi connectivity index (χ0n) is 11.7. The minimum Gasteiger partial charge on any atom is -0.273 e. The zero-order valence-corrected chi connectivity index (χ0v) is 13.3. The number of halogens is 3. The fourth-order valence-electron chi connectivity index (χ4n) is 1.69. The average molecular weight is 361 g/mol. The van der Waals surface area contributed by atoms with Gasteiger partial charge in [0.15, 0.2) is 0 Å². The third-order valence-electron chi connectivity index (χ3n) is 2.90. The van der Waals surface area contributed by atoms with Gasteiger partial charge in [0.1, 0.15) is 11.6 Å². The van der Waals surface area contributed by atoms with Crippen molar-refractivity contribution in [3.8, 4) is 0 Å². The first-order chi connectivity index (χ1) is 10.7. The molecule has 122 valence electrons. The second kappa shape index (κ2) is 6.61. The summed E-state index contributed by atoms with van der Waals surface area (Å²) in [6.45, 7) is 1.78. The Balaban J connectivity index is 2.19. The molecule has 0 heterocycles. The molecule has 23 heavy (non-hydrogen) atoms. The summed E-state index contributed by atoms with van der Waals surface area (Å²) in [5.41, 5.74) is 1.85. The Morgan fingerprint density at radius 2 is 1.61 bits per heavy atom. The number of benzene rings is 2. The lowest BCUT2D eigenvalue weighted by atomic mass is 10.2. The highest BCUT2D eigenvalue weighted by Gasteiger charge is 2.21. The fourth-order valence-corrected chi connectivity index (χ4v) is 2.77. The van der Waals surface area contributed by atoms with Gasteiger partial charge in [-0.15, -0.1) is 4.83 Å². The summed E-state index contributed by atoms with van der Waals surface area (Å²) in [7, 11) is -4.06. The zero-order chi connectivity index (χ0) is 17.2. The molecule has 9 heteroatoms. The SMILES string of the molecule is Cc1ccc(S(=O)(=O)NNC(=O)c2c(F)ccc(F)c2Cl)cc1. The number of amides is 1. The predicted molar refractivity (Wildman–Crippen MR) is 80.3 cm³/mol. The lowest BCUT2D eigenvalue weighted by molar-refractivity contribution is 0.0940. The molecule has 0 aromatic heterocycles. The summed E-state index contributed by atoms with van der Waals surface area (Å²) in [5.74, 6) is -3.30. The molecular weight excluding hydrogens is 350 g/mol. The van der Waals surface area contributed by atoms with Crippen LogP contribution in [0.5, 0.6) is 0 Å². The molecule has 0 bridgehead atoms. The molecule has 0 spiro atoms. The molecule has 0 radical (unpaired) electrons. The smallest absolute Gasteiger partial charge is 0.270 e. The molecule has 2 rings (SSSR count). The lowest BCUT2D eigenvalue weighted by Crippen LogP contribution is -2.42. The van der Waals surface area contributed by atoms with Crippen molar-refractivity contribution in [1.82, 2.24) is 10.3 Å². The average Bonchev–Trinajstić information content (AvgIpc) is 2.50. The molecule has 0 unspecified atom stereocenters. The van der Waals surface area contributed by atoms with E-state index in [-0.39, 0.29) is 4.90 Å². The van der Waals surface area contributed by atoms with Crippen molar-refractivity contribution in [2.45, 2.75) is 11.8 Å². The molecule has 0 aliphatic carbocycles. The summed E-state index contributed by atoms with van der Waals surface area (Å²) in [6.07, 6.45) is 0. The van der Waals surface area contributed by atoms with Gasteiger partial charge in [-0.3, -0.25) is 10.2 Å². The number of hydrazine groups is 1. The van der Waals surface area contributed by atoms with Crippen molar-refractivity contribution in [3.05, 3.63) is 64.2 Å². The molecule has 0 atom stereocenters. The third-order valence-corrected chi connectivity index (χ3v) is 4.53. The van der Waals surface area contributed by atoms with Crippen molar-refractivity contribution >= 4 is 27.5 Å². The maximum absolute atomic E-state index is 13.6. The number of rotatable bonds is 4. The number of carbonyl (C=O) groups excluding carboxylic acids is 1. The van der Waals surface area contributed by atoms with Gasteiger partial charge in [0, 0.05) is 0 Å². The highest BCUT2D eigenvalue weighted by molar-refractivity contribution is 7.89. The largest absolute Gasteiger partial charge is 0.273 e. The van der Waals surface area contributed by atoms with Crippen LogP contribution in [-0.2, 0) is 10.0 Å². The molecule has 2 aromatic carbocycles. The van der Waals surface area contributed by atoms with Crippen molar-refractivity contribution < 1.29 is 22.0 Å². The first-order valence-corrected chi connectivity index (χ1v) is 8.11. The number of hydrogen-bond acceptors (Lipinski definition) is 3. The Bertz CT molecular complexity index is 855. The molecule has 0 aliphatic heterocycles. The van der Waals surface area contributed by atoms with E-state index in [1.807, 2.05) is 0 Å². The van der Waals surface area contributed by atoms with Crippen molar-refractivity contribution in [3.63, 3.8) is 0 Å². The monoisotopic (exact) mass is 360 g/mol. The molecular formula is C14H11ClF2N2O3S. The summed E-state index contributed by atoms with van der Waals surface area (Å²) < 4.78 is 50.8. The van der Waals surface area contributed by atoms with Crippen molar-refractivity contribution in [2.75, 3.05) is 0 Å². The summed E-state index contributed by atoms with van der Waals surface area (Å²) in [5, 5.41) is -0.739. The maximum Gasteiger partial charge on any atom is 0.270 e. The van der Waals surface area contributed by atoms with Crippen LogP contribution >= 0.6 is 11.6 Å².